The average molecular weight is 342 g/mol. The van der Waals surface area contributed by atoms with Crippen molar-refractivity contribution >= 4 is 5.97 Å². The molecule has 2 aromatic rings. The number of unbranched alkanes of at least 4 members (excludes halogenated alkanes) is 2. The number of carbonyl (C=O) groups excluding carboxylic acids is 1. The highest BCUT2D eigenvalue weighted by molar-refractivity contribution is 5.71. The molecule has 0 saturated carbocycles. The van der Waals surface area contributed by atoms with Gasteiger partial charge in [-0.3, -0.25) is 0 Å². The Bertz CT molecular complexity index is 608. The third-order valence-electron chi connectivity index (χ3n) is 3.71. The summed E-state index contributed by atoms with van der Waals surface area (Å²) >= 11 is 0. The second kappa shape index (κ2) is 11.1. The molecule has 0 aliphatic rings. The lowest BCUT2D eigenvalue weighted by Crippen LogP contribution is -2.14. The molecule has 0 radical (unpaired) electrons. The Morgan fingerprint density at radius 1 is 0.840 bits per heavy atom. The van der Waals surface area contributed by atoms with E-state index in [1.165, 1.54) is 12.0 Å². The molecule has 25 heavy (non-hydrogen) atoms. The van der Waals surface area contributed by atoms with Gasteiger partial charge in [0.2, 0.25) is 0 Å². The molecule has 0 bridgehead atoms. The van der Waals surface area contributed by atoms with Gasteiger partial charge in [-0.1, -0.05) is 30.3 Å². The number of hydrogen-bond donors (Lipinski definition) is 0. The topological polar surface area (TPSA) is 44.8 Å². The van der Waals surface area contributed by atoms with E-state index in [0.717, 1.165) is 25.0 Å². The Kier molecular flexibility index (Phi) is 8.39. The van der Waals surface area contributed by atoms with Gasteiger partial charge in [-0.15, -0.1) is 0 Å². The van der Waals surface area contributed by atoms with Crippen LogP contribution in [-0.2, 0) is 16.0 Å². The van der Waals surface area contributed by atoms with Crippen molar-refractivity contribution in [3.8, 4) is 11.5 Å². The van der Waals surface area contributed by atoms with Crippen LogP contribution in [0.15, 0.2) is 54.6 Å². The largest absolute Gasteiger partial charge is 0.494 e. The number of hydrogen-bond acceptors (Lipinski definition) is 4. The number of ether oxygens (including phenoxy) is 3. The monoisotopic (exact) mass is 342 g/mol. The lowest BCUT2D eigenvalue weighted by Gasteiger charge is -2.08. The Morgan fingerprint density at radius 3 is 2.20 bits per heavy atom. The Labute approximate surface area is 149 Å². The standard InChI is InChI=1S/C21H26O4/c1-2-23-21(22)17-25-20-14-12-19(13-15-20)24-16-8-4-7-11-18-9-5-3-6-10-18/h3,5-6,9-10,12-15H,2,4,7-8,11,16-17H2,1H3. The van der Waals surface area contributed by atoms with Crippen molar-refractivity contribution in [3.63, 3.8) is 0 Å². The summed E-state index contributed by atoms with van der Waals surface area (Å²) in [5, 5.41) is 0. The normalized spacial score (nSPS) is 10.3. The molecule has 0 spiro atoms. The molecule has 4 heteroatoms. The van der Waals surface area contributed by atoms with Crippen LogP contribution in [0.1, 0.15) is 31.7 Å². The molecule has 2 rings (SSSR count). The average Bonchev–Trinajstić information content (AvgIpc) is 2.65. The zero-order valence-electron chi connectivity index (χ0n) is 14.8. The molecule has 0 aromatic heterocycles. The van der Waals surface area contributed by atoms with Crippen molar-refractivity contribution in [3.05, 3.63) is 60.2 Å². The molecule has 0 heterocycles. The van der Waals surface area contributed by atoms with Crippen LogP contribution in [0.4, 0.5) is 0 Å². The number of benzene rings is 2. The Hall–Kier alpha value is -2.49. The van der Waals surface area contributed by atoms with Crippen molar-refractivity contribution in [2.24, 2.45) is 0 Å². The number of carbonyl (C=O) groups is 1. The molecule has 4 nitrogen and oxygen atoms in total. The smallest absolute Gasteiger partial charge is 0.344 e. The van der Waals surface area contributed by atoms with E-state index >= 15 is 0 Å². The van der Waals surface area contributed by atoms with Gasteiger partial charge < -0.3 is 14.2 Å². The summed E-state index contributed by atoms with van der Waals surface area (Å²) in [6.07, 6.45) is 4.48. The van der Waals surface area contributed by atoms with Crippen LogP contribution in [0.3, 0.4) is 0 Å². The zero-order valence-corrected chi connectivity index (χ0v) is 14.8. The predicted molar refractivity (Wildman–Crippen MR) is 98.1 cm³/mol. The van der Waals surface area contributed by atoms with Crippen LogP contribution >= 0.6 is 0 Å². The summed E-state index contributed by atoms with van der Waals surface area (Å²) in [7, 11) is 0. The van der Waals surface area contributed by atoms with E-state index in [-0.39, 0.29) is 12.6 Å². The fourth-order valence-corrected chi connectivity index (χ4v) is 2.42. The van der Waals surface area contributed by atoms with E-state index in [1.807, 2.05) is 18.2 Å². The SMILES string of the molecule is CCOC(=O)COc1ccc(OCCCCCc2ccccc2)cc1. The minimum Gasteiger partial charge on any atom is -0.494 e. The van der Waals surface area contributed by atoms with Crippen molar-refractivity contribution in [2.75, 3.05) is 19.8 Å². The van der Waals surface area contributed by atoms with E-state index in [2.05, 4.69) is 24.3 Å². The molecule has 0 atom stereocenters. The van der Waals surface area contributed by atoms with Gasteiger partial charge in [0.25, 0.3) is 0 Å². The van der Waals surface area contributed by atoms with Gasteiger partial charge in [-0.25, -0.2) is 4.79 Å². The van der Waals surface area contributed by atoms with Crippen LogP contribution < -0.4 is 9.47 Å². The van der Waals surface area contributed by atoms with Crippen molar-refractivity contribution < 1.29 is 19.0 Å². The van der Waals surface area contributed by atoms with E-state index in [0.29, 0.717) is 19.0 Å². The van der Waals surface area contributed by atoms with Crippen LogP contribution in [0.2, 0.25) is 0 Å². The summed E-state index contributed by atoms with van der Waals surface area (Å²) in [6.45, 7) is 2.76. The summed E-state index contributed by atoms with van der Waals surface area (Å²) in [4.78, 5) is 11.2. The highest BCUT2D eigenvalue weighted by Crippen LogP contribution is 2.18. The molecular formula is C21H26O4. The minimum atomic E-state index is -0.363. The molecule has 0 unspecified atom stereocenters. The first-order valence-electron chi connectivity index (χ1n) is 8.83. The lowest BCUT2D eigenvalue weighted by molar-refractivity contribution is -0.145. The maximum Gasteiger partial charge on any atom is 0.344 e. The van der Waals surface area contributed by atoms with E-state index in [9.17, 15) is 4.79 Å². The maximum atomic E-state index is 11.2. The number of rotatable bonds is 11. The highest BCUT2D eigenvalue weighted by Gasteiger charge is 2.03. The van der Waals surface area contributed by atoms with Gasteiger partial charge in [-0.05, 0) is 62.4 Å². The third kappa shape index (κ3) is 7.75. The first-order chi connectivity index (χ1) is 12.3. The van der Waals surface area contributed by atoms with E-state index in [1.54, 1.807) is 19.1 Å². The maximum absolute atomic E-state index is 11.2. The van der Waals surface area contributed by atoms with Crippen molar-refractivity contribution in [1.29, 1.82) is 0 Å². The second-order valence-electron chi connectivity index (χ2n) is 5.71. The summed E-state index contributed by atoms with van der Waals surface area (Å²) in [5.41, 5.74) is 1.39. The molecule has 0 N–H and O–H groups in total. The Balaban J connectivity index is 1.57. The van der Waals surface area contributed by atoms with Gasteiger partial charge in [-0.2, -0.15) is 0 Å². The van der Waals surface area contributed by atoms with Gasteiger partial charge >= 0.3 is 5.97 Å². The number of esters is 1. The first-order valence-corrected chi connectivity index (χ1v) is 8.83. The quantitative estimate of drug-likeness (QED) is 0.448. The van der Waals surface area contributed by atoms with E-state index < -0.39 is 0 Å². The Morgan fingerprint density at radius 2 is 1.52 bits per heavy atom. The summed E-state index contributed by atoms with van der Waals surface area (Å²) in [5.74, 6) is 1.08. The van der Waals surface area contributed by atoms with Crippen LogP contribution in [0.25, 0.3) is 0 Å². The van der Waals surface area contributed by atoms with Gasteiger partial charge in [0.05, 0.1) is 13.2 Å². The van der Waals surface area contributed by atoms with Crippen LogP contribution in [-0.4, -0.2) is 25.8 Å². The zero-order chi connectivity index (χ0) is 17.7. The second-order valence-corrected chi connectivity index (χ2v) is 5.71. The van der Waals surface area contributed by atoms with Crippen molar-refractivity contribution in [1.82, 2.24) is 0 Å². The van der Waals surface area contributed by atoms with Gasteiger partial charge in [0.15, 0.2) is 6.61 Å². The summed E-state index contributed by atoms with van der Waals surface area (Å²) in [6, 6.07) is 17.8. The molecular weight excluding hydrogens is 316 g/mol. The number of aryl methyl sites for hydroxylation is 1. The third-order valence-corrected chi connectivity index (χ3v) is 3.71. The van der Waals surface area contributed by atoms with Crippen LogP contribution in [0.5, 0.6) is 11.5 Å². The first kappa shape index (κ1) is 18.8. The van der Waals surface area contributed by atoms with Gasteiger partial charge in [0.1, 0.15) is 11.5 Å². The highest BCUT2D eigenvalue weighted by atomic mass is 16.6. The lowest BCUT2D eigenvalue weighted by atomic mass is 10.1. The fraction of sp³-hybridized carbons (Fsp3) is 0.381. The van der Waals surface area contributed by atoms with E-state index in [4.69, 9.17) is 14.2 Å². The predicted octanol–water partition coefficient (Wildman–Crippen LogP) is 4.42. The molecule has 0 saturated heterocycles. The molecule has 0 amide bonds. The molecule has 0 aliphatic carbocycles. The van der Waals surface area contributed by atoms with Crippen LogP contribution in [0, 0.1) is 0 Å². The minimum absolute atomic E-state index is 0.0740. The summed E-state index contributed by atoms with van der Waals surface area (Å²) < 4.78 is 15.9. The molecule has 0 aliphatic heterocycles. The molecule has 134 valence electrons. The van der Waals surface area contributed by atoms with Gasteiger partial charge in [0, 0.05) is 0 Å². The molecule has 2 aromatic carbocycles. The molecule has 0 fully saturated rings. The fourth-order valence-electron chi connectivity index (χ4n) is 2.42. The van der Waals surface area contributed by atoms with Crippen molar-refractivity contribution in [2.45, 2.75) is 32.6 Å².